The molecule has 1 aromatic rings. The number of carbonyl (C=O) groups is 1. The third-order valence-corrected chi connectivity index (χ3v) is 2.25. The first kappa shape index (κ1) is 12.0. The normalized spacial score (nSPS) is 11.2. The van der Waals surface area contributed by atoms with Crippen LogP contribution in [0.3, 0.4) is 0 Å². The van der Waals surface area contributed by atoms with E-state index in [0.29, 0.717) is 11.4 Å². The Morgan fingerprint density at radius 3 is 2.50 bits per heavy atom. The van der Waals surface area contributed by atoms with Gasteiger partial charge in [0.1, 0.15) is 0 Å². The first-order valence-electron chi connectivity index (χ1n) is 4.83. The summed E-state index contributed by atoms with van der Waals surface area (Å²) in [5.41, 5.74) is 13.7. The quantitative estimate of drug-likeness (QED) is 0.600. The Labute approximate surface area is 94.7 Å². The van der Waals surface area contributed by atoms with Crippen LogP contribution in [0.1, 0.15) is 24.2 Å². The fourth-order valence-electron chi connectivity index (χ4n) is 1.14. The fourth-order valence-corrected chi connectivity index (χ4v) is 1.14. The Hall–Kier alpha value is -2.10. The predicted octanol–water partition coefficient (Wildman–Crippen LogP) is 2.04. The van der Waals surface area contributed by atoms with E-state index in [4.69, 9.17) is 11.5 Å². The Kier molecular flexibility index (Phi) is 3.45. The number of allylic oxidation sites excluding steroid dienone is 1. The van der Waals surface area contributed by atoms with E-state index in [-0.39, 0.29) is 5.56 Å². The molecule has 0 spiro atoms. The molecule has 0 bridgehead atoms. The van der Waals surface area contributed by atoms with E-state index >= 15 is 0 Å². The molecular formula is C12H15N3O. The van der Waals surface area contributed by atoms with Gasteiger partial charge in [-0.2, -0.15) is 0 Å². The van der Waals surface area contributed by atoms with Gasteiger partial charge < -0.3 is 11.5 Å². The molecule has 0 saturated heterocycles. The molecule has 0 aliphatic carbocycles. The van der Waals surface area contributed by atoms with Crippen molar-refractivity contribution in [2.75, 3.05) is 5.73 Å². The highest BCUT2D eigenvalue weighted by Gasteiger charge is 2.08. The molecule has 0 aliphatic rings. The molecule has 0 atom stereocenters. The van der Waals surface area contributed by atoms with Crippen molar-refractivity contribution in [2.24, 2.45) is 10.7 Å². The minimum Gasteiger partial charge on any atom is -0.396 e. The summed E-state index contributed by atoms with van der Waals surface area (Å²) < 4.78 is 0. The van der Waals surface area contributed by atoms with Crippen molar-refractivity contribution in [2.45, 2.75) is 13.8 Å². The van der Waals surface area contributed by atoms with E-state index in [9.17, 15) is 4.79 Å². The van der Waals surface area contributed by atoms with Gasteiger partial charge >= 0.3 is 0 Å². The Balaban J connectivity index is 3.27. The van der Waals surface area contributed by atoms with Crippen LogP contribution in [0.25, 0.3) is 0 Å². The second kappa shape index (κ2) is 4.61. The summed E-state index contributed by atoms with van der Waals surface area (Å²) in [7, 11) is 0. The van der Waals surface area contributed by atoms with E-state index in [1.54, 1.807) is 18.2 Å². The second-order valence-electron chi connectivity index (χ2n) is 3.58. The molecule has 84 valence electrons. The van der Waals surface area contributed by atoms with Crippen LogP contribution >= 0.6 is 0 Å². The third-order valence-electron chi connectivity index (χ3n) is 2.25. The monoisotopic (exact) mass is 217 g/mol. The largest absolute Gasteiger partial charge is 0.396 e. The lowest BCUT2D eigenvalue weighted by molar-refractivity contribution is 0.100. The van der Waals surface area contributed by atoms with Crippen LogP contribution in [-0.2, 0) is 0 Å². The molecule has 0 fully saturated rings. The topological polar surface area (TPSA) is 81.5 Å². The summed E-state index contributed by atoms with van der Waals surface area (Å²) in [6.07, 6.45) is 0. The van der Waals surface area contributed by atoms with Crippen molar-refractivity contribution >= 4 is 23.0 Å². The van der Waals surface area contributed by atoms with E-state index in [2.05, 4.69) is 11.6 Å². The number of nitrogen functional groups attached to an aromatic ring is 1. The number of amides is 1. The summed E-state index contributed by atoms with van der Waals surface area (Å²) in [6.45, 7) is 7.46. The van der Waals surface area contributed by atoms with Gasteiger partial charge in [-0.1, -0.05) is 12.6 Å². The number of aliphatic imine (C=N–C) groups is 1. The van der Waals surface area contributed by atoms with E-state index < -0.39 is 5.91 Å². The molecule has 4 nitrogen and oxygen atoms in total. The highest BCUT2D eigenvalue weighted by molar-refractivity contribution is 6.03. The molecule has 1 amide bonds. The minimum absolute atomic E-state index is 0.288. The van der Waals surface area contributed by atoms with Crippen molar-refractivity contribution in [3.63, 3.8) is 0 Å². The zero-order valence-electron chi connectivity index (χ0n) is 9.45. The van der Waals surface area contributed by atoms with Gasteiger partial charge in [-0.05, 0) is 31.6 Å². The molecule has 4 heteroatoms. The molecule has 16 heavy (non-hydrogen) atoms. The number of rotatable bonds is 3. The highest BCUT2D eigenvalue weighted by atomic mass is 16.1. The smallest absolute Gasteiger partial charge is 0.250 e. The molecule has 0 radical (unpaired) electrons. The number of nitrogens with zero attached hydrogens (tertiary/aromatic N) is 1. The van der Waals surface area contributed by atoms with Gasteiger partial charge in [0.05, 0.1) is 16.9 Å². The van der Waals surface area contributed by atoms with Gasteiger partial charge in [0.25, 0.3) is 5.91 Å². The number of hydrogen-bond donors (Lipinski definition) is 2. The maximum atomic E-state index is 11.1. The average molecular weight is 217 g/mol. The number of carbonyl (C=O) groups excluding carboxylic acids is 1. The molecule has 1 rings (SSSR count). The van der Waals surface area contributed by atoms with E-state index in [1.807, 2.05) is 13.8 Å². The van der Waals surface area contributed by atoms with E-state index in [1.165, 1.54) is 0 Å². The number of hydrogen-bond acceptors (Lipinski definition) is 3. The number of primary amides is 1. The second-order valence-corrected chi connectivity index (χ2v) is 3.58. The molecule has 0 saturated carbocycles. The van der Waals surface area contributed by atoms with Gasteiger partial charge in [0.2, 0.25) is 0 Å². The van der Waals surface area contributed by atoms with Crippen LogP contribution < -0.4 is 11.5 Å². The lowest BCUT2D eigenvalue weighted by Gasteiger charge is -2.06. The number of benzene rings is 1. The standard InChI is InChI=1S/C12H15N3O/c1-7(2)8(3)15-10-6-4-5-9(11(10)13)12(14)16/h4-6H,1,13H2,2-3H3,(H2,14,16)/b15-8-. The van der Waals surface area contributed by atoms with Crippen LogP contribution in [0.2, 0.25) is 0 Å². The molecule has 0 heterocycles. The summed E-state index contributed by atoms with van der Waals surface area (Å²) in [5, 5.41) is 0. The van der Waals surface area contributed by atoms with Gasteiger partial charge in [0.15, 0.2) is 0 Å². The zero-order valence-corrected chi connectivity index (χ0v) is 9.45. The van der Waals surface area contributed by atoms with Crippen molar-refractivity contribution in [3.05, 3.63) is 35.9 Å². The van der Waals surface area contributed by atoms with Gasteiger partial charge in [-0.3, -0.25) is 9.79 Å². The first-order chi connectivity index (χ1) is 7.43. The summed E-state index contributed by atoms with van der Waals surface area (Å²) >= 11 is 0. The number of nitrogens with two attached hydrogens (primary N) is 2. The molecule has 0 unspecified atom stereocenters. The Morgan fingerprint density at radius 2 is 2.00 bits per heavy atom. The average Bonchev–Trinajstić information content (AvgIpc) is 2.20. The Bertz CT molecular complexity index is 475. The van der Waals surface area contributed by atoms with E-state index in [0.717, 1.165) is 11.3 Å². The molecular weight excluding hydrogens is 202 g/mol. The zero-order chi connectivity index (χ0) is 12.3. The van der Waals surface area contributed by atoms with Crippen LogP contribution in [0.4, 0.5) is 11.4 Å². The van der Waals surface area contributed by atoms with Crippen molar-refractivity contribution in [3.8, 4) is 0 Å². The van der Waals surface area contributed by atoms with Crippen molar-refractivity contribution in [1.29, 1.82) is 0 Å². The van der Waals surface area contributed by atoms with Gasteiger partial charge in [0, 0.05) is 5.71 Å². The van der Waals surface area contributed by atoms with Gasteiger partial charge in [-0.15, -0.1) is 0 Å². The van der Waals surface area contributed by atoms with Crippen LogP contribution in [0, 0.1) is 0 Å². The summed E-state index contributed by atoms with van der Waals surface area (Å²) in [5.74, 6) is -0.553. The van der Waals surface area contributed by atoms with Crippen molar-refractivity contribution < 1.29 is 4.79 Å². The molecule has 0 aromatic heterocycles. The number of anilines is 1. The predicted molar refractivity (Wildman–Crippen MR) is 67.0 cm³/mol. The van der Waals surface area contributed by atoms with Crippen LogP contribution in [0.15, 0.2) is 35.3 Å². The fraction of sp³-hybridized carbons (Fsp3) is 0.167. The molecule has 1 aromatic carbocycles. The Morgan fingerprint density at radius 1 is 1.38 bits per heavy atom. The molecule has 4 N–H and O–H groups in total. The molecule has 0 aliphatic heterocycles. The van der Waals surface area contributed by atoms with Crippen LogP contribution in [-0.4, -0.2) is 11.6 Å². The van der Waals surface area contributed by atoms with Crippen molar-refractivity contribution in [1.82, 2.24) is 0 Å². The van der Waals surface area contributed by atoms with Gasteiger partial charge in [-0.25, -0.2) is 0 Å². The maximum absolute atomic E-state index is 11.1. The SMILES string of the molecule is C=C(C)/C(C)=N\c1cccc(C(N)=O)c1N. The highest BCUT2D eigenvalue weighted by Crippen LogP contribution is 2.25. The number of para-hydroxylation sites is 1. The lowest BCUT2D eigenvalue weighted by Crippen LogP contribution is -2.13. The lowest BCUT2D eigenvalue weighted by atomic mass is 10.1. The van der Waals surface area contributed by atoms with Crippen LogP contribution in [0.5, 0.6) is 0 Å². The first-order valence-corrected chi connectivity index (χ1v) is 4.83. The third kappa shape index (κ3) is 2.48. The summed E-state index contributed by atoms with van der Waals surface area (Å²) in [6, 6.07) is 5.00. The minimum atomic E-state index is -0.553. The maximum Gasteiger partial charge on any atom is 0.250 e. The summed E-state index contributed by atoms with van der Waals surface area (Å²) in [4.78, 5) is 15.4.